The average molecular weight is 234 g/mol. The second-order valence-corrected chi connectivity index (χ2v) is 4.37. The number of carbonyl (C=O) groups excluding carboxylic acids is 1. The van der Waals surface area contributed by atoms with Crippen LogP contribution >= 0.6 is 0 Å². The molecule has 17 heavy (non-hydrogen) atoms. The van der Waals surface area contributed by atoms with Crippen molar-refractivity contribution in [3.8, 4) is 0 Å². The lowest BCUT2D eigenvalue weighted by Crippen LogP contribution is -2.44. The van der Waals surface area contributed by atoms with Crippen LogP contribution in [0, 0.1) is 0 Å². The highest BCUT2D eigenvalue weighted by atomic mass is 16.5. The first kappa shape index (κ1) is 11.9. The standard InChI is InChI=1S/C13H18N2O2/c1-17-13(16)6-7-15-9-11(14)8-10-4-2-3-5-12(10)15/h2-5,11H,6-9,14H2,1H3. The number of para-hydroxylation sites is 1. The van der Waals surface area contributed by atoms with Gasteiger partial charge in [-0.1, -0.05) is 18.2 Å². The number of nitrogens with two attached hydrogens (primary N) is 1. The highest BCUT2D eigenvalue weighted by Gasteiger charge is 2.21. The molecule has 0 saturated heterocycles. The van der Waals surface area contributed by atoms with E-state index >= 15 is 0 Å². The van der Waals surface area contributed by atoms with Gasteiger partial charge in [-0.05, 0) is 18.1 Å². The minimum atomic E-state index is -0.179. The van der Waals surface area contributed by atoms with E-state index in [9.17, 15) is 4.79 Å². The lowest BCUT2D eigenvalue weighted by atomic mass is 9.98. The molecule has 0 fully saturated rings. The lowest BCUT2D eigenvalue weighted by molar-refractivity contribution is -0.140. The summed E-state index contributed by atoms with van der Waals surface area (Å²) >= 11 is 0. The molecule has 0 amide bonds. The van der Waals surface area contributed by atoms with E-state index < -0.39 is 0 Å². The second kappa shape index (κ2) is 5.19. The van der Waals surface area contributed by atoms with Crippen molar-refractivity contribution < 1.29 is 9.53 Å². The minimum Gasteiger partial charge on any atom is -0.469 e. The third kappa shape index (κ3) is 2.77. The minimum absolute atomic E-state index is 0.141. The zero-order valence-electron chi connectivity index (χ0n) is 10.1. The van der Waals surface area contributed by atoms with Gasteiger partial charge in [0.15, 0.2) is 0 Å². The van der Waals surface area contributed by atoms with Crippen LogP contribution < -0.4 is 10.6 Å². The van der Waals surface area contributed by atoms with E-state index in [4.69, 9.17) is 5.73 Å². The molecule has 92 valence electrons. The molecular weight excluding hydrogens is 216 g/mol. The molecule has 1 atom stereocenters. The normalized spacial score (nSPS) is 18.7. The Kier molecular flexibility index (Phi) is 3.64. The van der Waals surface area contributed by atoms with E-state index in [1.54, 1.807) is 0 Å². The summed E-state index contributed by atoms with van der Waals surface area (Å²) in [7, 11) is 1.41. The Labute approximate surface area is 101 Å². The van der Waals surface area contributed by atoms with Crippen molar-refractivity contribution in [2.75, 3.05) is 25.1 Å². The number of benzene rings is 1. The Bertz CT molecular complexity index is 406. The number of anilines is 1. The number of ether oxygens (including phenoxy) is 1. The summed E-state index contributed by atoms with van der Waals surface area (Å²) in [5, 5.41) is 0. The smallest absolute Gasteiger partial charge is 0.307 e. The van der Waals surface area contributed by atoms with Gasteiger partial charge in [-0.2, -0.15) is 0 Å². The summed E-state index contributed by atoms with van der Waals surface area (Å²) in [5.74, 6) is -0.179. The molecule has 0 aromatic heterocycles. The van der Waals surface area contributed by atoms with Gasteiger partial charge in [-0.3, -0.25) is 4.79 Å². The van der Waals surface area contributed by atoms with Crippen LogP contribution in [0.2, 0.25) is 0 Å². The predicted molar refractivity (Wildman–Crippen MR) is 67.0 cm³/mol. The van der Waals surface area contributed by atoms with Crippen molar-refractivity contribution in [2.24, 2.45) is 5.73 Å². The largest absolute Gasteiger partial charge is 0.469 e. The van der Waals surface area contributed by atoms with Gasteiger partial charge in [0.05, 0.1) is 13.5 Å². The van der Waals surface area contributed by atoms with Gasteiger partial charge >= 0.3 is 5.97 Å². The van der Waals surface area contributed by atoms with Crippen molar-refractivity contribution in [3.63, 3.8) is 0 Å². The summed E-state index contributed by atoms with van der Waals surface area (Å²) in [4.78, 5) is 13.3. The number of esters is 1. The number of fused-ring (bicyclic) bond motifs is 1. The number of methoxy groups -OCH3 is 1. The molecule has 1 unspecified atom stereocenters. The van der Waals surface area contributed by atoms with Crippen LogP contribution in [0.25, 0.3) is 0 Å². The molecule has 4 heteroatoms. The van der Waals surface area contributed by atoms with Gasteiger partial charge in [-0.15, -0.1) is 0 Å². The fraction of sp³-hybridized carbons (Fsp3) is 0.462. The zero-order chi connectivity index (χ0) is 12.3. The Morgan fingerprint density at radius 3 is 3.06 bits per heavy atom. The van der Waals surface area contributed by atoms with Crippen molar-refractivity contribution >= 4 is 11.7 Å². The fourth-order valence-corrected chi connectivity index (χ4v) is 2.26. The SMILES string of the molecule is COC(=O)CCN1CC(N)Cc2ccccc21. The lowest BCUT2D eigenvalue weighted by Gasteiger charge is -2.34. The van der Waals surface area contributed by atoms with E-state index in [1.807, 2.05) is 12.1 Å². The zero-order valence-corrected chi connectivity index (χ0v) is 10.1. The number of hydrogen-bond donors (Lipinski definition) is 1. The molecular formula is C13H18N2O2. The first-order chi connectivity index (χ1) is 8.20. The first-order valence-corrected chi connectivity index (χ1v) is 5.86. The molecule has 1 heterocycles. The topological polar surface area (TPSA) is 55.6 Å². The molecule has 2 N–H and O–H groups in total. The maximum absolute atomic E-state index is 11.2. The summed E-state index contributed by atoms with van der Waals surface area (Å²) in [6.07, 6.45) is 1.31. The molecule has 0 saturated carbocycles. The average Bonchev–Trinajstić information content (AvgIpc) is 2.35. The van der Waals surface area contributed by atoms with Crippen molar-refractivity contribution in [1.82, 2.24) is 0 Å². The van der Waals surface area contributed by atoms with Gasteiger partial charge in [0.25, 0.3) is 0 Å². The predicted octanol–water partition coefficient (Wildman–Crippen LogP) is 0.940. The first-order valence-electron chi connectivity index (χ1n) is 5.86. The Hall–Kier alpha value is -1.55. The molecule has 2 rings (SSSR count). The van der Waals surface area contributed by atoms with Gasteiger partial charge < -0.3 is 15.4 Å². The molecule has 1 aliphatic heterocycles. The number of carbonyl (C=O) groups is 1. The van der Waals surface area contributed by atoms with E-state index in [0.717, 1.165) is 13.0 Å². The molecule has 1 aromatic rings. The highest BCUT2D eigenvalue weighted by molar-refractivity contribution is 5.70. The van der Waals surface area contributed by atoms with E-state index in [-0.39, 0.29) is 12.0 Å². The summed E-state index contributed by atoms with van der Waals surface area (Å²) in [5.41, 5.74) is 8.47. The monoisotopic (exact) mass is 234 g/mol. The van der Waals surface area contributed by atoms with Crippen LogP contribution in [0.3, 0.4) is 0 Å². The van der Waals surface area contributed by atoms with Gasteiger partial charge in [0.1, 0.15) is 0 Å². The van der Waals surface area contributed by atoms with E-state index in [1.165, 1.54) is 18.4 Å². The summed E-state index contributed by atoms with van der Waals surface area (Å²) < 4.78 is 4.66. The number of nitrogens with zero attached hydrogens (tertiary/aromatic N) is 1. The molecule has 1 aromatic carbocycles. The van der Waals surface area contributed by atoms with Crippen LogP contribution in [0.15, 0.2) is 24.3 Å². The number of hydrogen-bond acceptors (Lipinski definition) is 4. The maximum atomic E-state index is 11.2. The molecule has 0 aliphatic carbocycles. The third-order valence-corrected chi connectivity index (χ3v) is 3.08. The van der Waals surface area contributed by atoms with Gasteiger partial charge in [0.2, 0.25) is 0 Å². The van der Waals surface area contributed by atoms with Crippen LogP contribution in [-0.2, 0) is 16.0 Å². The molecule has 1 aliphatic rings. The fourth-order valence-electron chi connectivity index (χ4n) is 2.26. The maximum Gasteiger partial charge on any atom is 0.307 e. The van der Waals surface area contributed by atoms with Crippen LogP contribution in [0.4, 0.5) is 5.69 Å². The van der Waals surface area contributed by atoms with Crippen LogP contribution in [-0.4, -0.2) is 32.2 Å². The van der Waals surface area contributed by atoms with Crippen molar-refractivity contribution in [1.29, 1.82) is 0 Å². The second-order valence-electron chi connectivity index (χ2n) is 4.37. The third-order valence-electron chi connectivity index (χ3n) is 3.08. The quantitative estimate of drug-likeness (QED) is 0.791. The van der Waals surface area contributed by atoms with E-state index in [2.05, 4.69) is 21.8 Å². The Morgan fingerprint density at radius 2 is 2.29 bits per heavy atom. The Balaban J connectivity index is 2.10. The molecule has 4 nitrogen and oxygen atoms in total. The molecule has 0 bridgehead atoms. The number of rotatable bonds is 3. The molecule has 0 radical (unpaired) electrons. The van der Waals surface area contributed by atoms with Crippen molar-refractivity contribution in [3.05, 3.63) is 29.8 Å². The summed E-state index contributed by atoms with van der Waals surface area (Å²) in [6.45, 7) is 1.46. The van der Waals surface area contributed by atoms with Crippen molar-refractivity contribution in [2.45, 2.75) is 18.9 Å². The summed E-state index contributed by atoms with van der Waals surface area (Å²) in [6, 6.07) is 8.36. The highest BCUT2D eigenvalue weighted by Crippen LogP contribution is 2.26. The Morgan fingerprint density at radius 1 is 1.53 bits per heavy atom. The van der Waals surface area contributed by atoms with Crippen LogP contribution in [0.5, 0.6) is 0 Å². The van der Waals surface area contributed by atoms with E-state index in [0.29, 0.717) is 13.0 Å². The van der Waals surface area contributed by atoms with Crippen LogP contribution in [0.1, 0.15) is 12.0 Å². The molecule has 0 spiro atoms. The van der Waals surface area contributed by atoms with Gasteiger partial charge in [-0.25, -0.2) is 0 Å². The van der Waals surface area contributed by atoms with Gasteiger partial charge in [0, 0.05) is 24.8 Å².